The molecule has 6 nitrogen and oxygen atoms in total. The first kappa shape index (κ1) is 14.2. The Kier molecular flexibility index (Phi) is 4.07. The number of hydrogen-bond donors (Lipinski definition) is 1. The summed E-state index contributed by atoms with van der Waals surface area (Å²) in [7, 11) is -3.46. The van der Waals surface area contributed by atoms with Crippen molar-refractivity contribution >= 4 is 21.2 Å². The molecule has 1 aromatic carbocycles. The van der Waals surface area contributed by atoms with Crippen LogP contribution in [0.1, 0.15) is 6.92 Å². The summed E-state index contributed by atoms with van der Waals surface area (Å²) < 4.78 is 22.7. The van der Waals surface area contributed by atoms with Gasteiger partial charge in [-0.1, -0.05) is 6.08 Å². The molecule has 0 saturated carbocycles. The van der Waals surface area contributed by atoms with Crippen molar-refractivity contribution in [2.75, 3.05) is 11.6 Å². The van der Waals surface area contributed by atoms with Gasteiger partial charge in [0.05, 0.1) is 9.82 Å². The van der Waals surface area contributed by atoms with E-state index in [2.05, 4.69) is 11.9 Å². The summed E-state index contributed by atoms with van der Waals surface area (Å²) in [6.07, 6.45) is 2.60. The van der Waals surface area contributed by atoms with Crippen LogP contribution in [0.3, 0.4) is 0 Å². The summed E-state index contributed by atoms with van der Waals surface area (Å²) >= 11 is 0. The summed E-state index contributed by atoms with van der Waals surface area (Å²) in [4.78, 5) is 10.2. The van der Waals surface area contributed by atoms with Crippen LogP contribution in [0.15, 0.2) is 35.7 Å². The maximum atomic E-state index is 11.3. The van der Waals surface area contributed by atoms with Crippen LogP contribution in [0, 0.1) is 10.1 Å². The first-order chi connectivity index (χ1) is 8.25. The van der Waals surface area contributed by atoms with Gasteiger partial charge < -0.3 is 5.32 Å². The van der Waals surface area contributed by atoms with Crippen LogP contribution in [0.2, 0.25) is 0 Å². The third-order valence-electron chi connectivity index (χ3n) is 2.33. The minimum absolute atomic E-state index is 0.0778. The van der Waals surface area contributed by atoms with Crippen molar-refractivity contribution in [1.29, 1.82) is 0 Å². The third kappa shape index (κ3) is 3.30. The molecule has 0 amide bonds. The van der Waals surface area contributed by atoms with Crippen LogP contribution in [0.5, 0.6) is 0 Å². The predicted octanol–water partition coefficient (Wildman–Crippen LogP) is 1.98. The van der Waals surface area contributed by atoms with Gasteiger partial charge in [0.15, 0.2) is 9.84 Å². The molecule has 0 aromatic heterocycles. The van der Waals surface area contributed by atoms with Crippen LogP contribution >= 0.6 is 0 Å². The number of sulfone groups is 1. The number of nitrogens with one attached hydrogen (secondary N) is 1. The Morgan fingerprint density at radius 1 is 1.50 bits per heavy atom. The van der Waals surface area contributed by atoms with Crippen molar-refractivity contribution in [1.82, 2.24) is 0 Å². The molecule has 0 spiro atoms. The molecule has 1 atom stereocenters. The molecule has 18 heavy (non-hydrogen) atoms. The van der Waals surface area contributed by atoms with Crippen molar-refractivity contribution in [3.05, 3.63) is 41.0 Å². The van der Waals surface area contributed by atoms with E-state index in [0.717, 1.165) is 12.3 Å². The van der Waals surface area contributed by atoms with Crippen molar-refractivity contribution < 1.29 is 13.3 Å². The van der Waals surface area contributed by atoms with Crippen molar-refractivity contribution in [3.8, 4) is 0 Å². The lowest BCUT2D eigenvalue weighted by Crippen LogP contribution is -2.13. The van der Waals surface area contributed by atoms with Crippen LogP contribution < -0.4 is 5.32 Å². The van der Waals surface area contributed by atoms with Gasteiger partial charge in [0, 0.05) is 18.4 Å². The molecule has 98 valence electrons. The number of hydrogen-bond acceptors (Lipinski definition) is 5. The summed E-state index contributed by atoms with van der Waals surface area (Å²) in [6, 6.07) is 3.61. The summed E-state index contributed by atoms with van der Waals surface area (Å²) in [6.45, 7) is 5.34. The standard InChI is InChI=1S/C11H14N2O4S/c1-4-8(2)12-10-6-5-9(18(3,16)17)7-11(10)13(14)15/h4-8,12H,1H2,2-3H3. The zero-order chi connectivity index (χ0) is 13.9. The van der Waals surface area contributed by atoms with Gasteiger partial charge in [0.2, 0.25) is 0 Å². The molecule has 1 rings (SSSR count). The molecule has 0 radical (unpaired) electrons. The lowest BCUT2D eigenvalue weighted by atomic mass is 10.2. The fourth-order valence-electron chi connectivity index (χ4n) is 1.32. The number of anilines is 1. The van der Waals surface area contributed by atoms with Gasteiger partial charge >= 0.3 is 0 Å². The van der Waals surface area contributed by atoms with Crippen molar-refractivity contribution in [2.24, 2.45) is 0 Å². The maximum Gasteiger partial charge on any atom is 0.293 e. The van der Waals surface area contributed by atoms with E-state index in [1.165, 1.54) is 12.1 Å². The molecule has 0 aliphatic rings. The Balaban J connectivity index is 3.29. The van der Waals surface area contributed by atoms with Crippen LogP contribution in [-0.4, -0.2) is 25.6 Å². The number of nitro benzene ring substituents is 1. The first-order valence-corrected chi connectivity index (χ1v) is 7.02. The molecule has 1 aromatic rings. The average molecular weight is 270 g/mol. The van der Waals surface area contributed by atoms with E-state index in [1.807, 2.05) is 0 Å². The van der Waals surface area contributed by atoms with E-state index in [1.54, 1.807) is 13.0 Å². The van der Waals surface area contributed by atoms with E-state index in [9.17, 15) is 18.5 Å². The van der Waals surface area contributed by atoms with E-state index in [0.29, 0.717) is 0 Å². The normalized spacial score (nSPS) is 12.8. The highest BCUT2D eigenvalue weighted by molar-refractivity contribution is 7.90. The lowest BCUT2D eigenvalue weighted by molar-refractivity contribution is -0.384. The van der Waals surface area contributed by atoms with Crippen LogP contribution in [-0.2, 0) is 9.84 Å². The van der Waals surface area contributed by atoms with Gasteiger partial charge in [-0.2, -0.15) is 0 Å². The van der Waals surface area contributed by atoms with E-state index in [4.69, 9.17) is 0 Å². The SMILES string of the molecule is C=CC(C)Nc1ccc(S(C)(=O)=O)cc1[N+](=O)[O-]. The number of nitro groups is 1. The predicted molar refractivity (Wildman–Crippen MR) is 69.5 cm³/mol. The minimum atomic E-state index is -3.46. The Labute approximate surface area is 105 Å². The quantitative estimate of drug-likeness (QED) is 0.502. The molecule has 0 bridgehead atoms. The zero-order valence-corrected chi connectivity index (χ0v) is 10.9. The molecule has 0 saturated heterocycles. The second-order valence-corrected chi connectivity index (χ2v) is 5.89. The second kappa shape index (κ2) is 5.18. The Morgan fingerprint density at radius 2 is 2.11 bits per heavy atom. The summed E-state index contributed by atoms with van der Waals surface area (Å²) in [5.41, 5.74) is -0.00794. The van der Waals surface area contributed by atoms with Gasteiger partial charge in [0.25, 0.3) is 5.69 Å². The summed E-state index contributed by atoms with van der Waals surface area (Å²) in [5.74, 6) is 0. The van der Waals surface area contributed by atoms with Crippen molar-refractivity contribution in [2.45, 2.75) is 17.9 Å². The molecule has 1 N–H and O–H groups in total. The Hall–Kier alpha value is -1.89. The fraction of sp³-hybridized carbons (Fsp3) is 0.273. The largest absolute Gasteiger partial charge is 0.374 e. The van der Waals surface area contributed by atoms with Gasteiger partial charge in [-0.25, -0.2) is 8.42 Å². The minimum Gasteiger partial charge on any atom is -0.374 e. The first-order valence-electron chi connectivity index (χ1n) is 5.13. The highest BCUT2D eigenvalue weighted by atomic mass is 32.2. The molecule has 7 heteroatoms. The number of nitrogens with zero attached hydrogens (tertiary/aromatic N) is 1. The van der Waals surface area contributed by atoms with Crippen LogP contribution in [0.4, 0.5) is 11.4 Å². The molecule has 0 aliphatic carbocycles. The molecular formula is C11H14N2O4S. The van der Waals surface area contributed by atoms with Gasteiger partial charge in [-0.3, -0.25) is 10.1 Å². The molecule has 0 fully saturated rings. The number of rotatable bonds is 5. The van der Waals surface area contributed by atoms with E-state index >= 15 is 0 Å². The molecule has 0 heterocycles. The zero-order valence-electron chi connectivity index (χ0n) is 10.1. The smallest absolute Gasteiger partial charge is 0.293 e. The highest BCUT2D eigenvalue weighted by Gasteiger charge is 2.19. The number of benzene rings is 1. The van der Waals surface area contributed by atoms with E-state index < -0.39 is 14.8 Å². The van der Waals surface area contributed by atoms with Gasteiger partial charge in [0.1, 0.15) is 5.69 Å². The summed E-state index contributed by atoms with van der Waals surface area (Å²) in [5, 5.41) is 13.8. The maximum absolute atomic E-state index is 11.3. The highest BCUT2D eigenvalue weighted by Crippen LogP contribution is 2.28. The average Bonchev–Trinajstić information content (AvgIpc) is 2.27. The Bertz CT molecular complexity index is 581. The lowest BCUT2D eigenvalue weighted by Gasteiger charge is -2.11. The molecular weight excluding hydrogens is 256 g/mol. The molecule has 1 unspecified atom stereocenters. The van der Waals surface area contributed by atoms with Crippen molar-refractivity contribution in [3.63, 3.8) is 0 Å². The van der Waals surface area contributed by atoms with E-state index in [-0.39, 0.29) is 22.3 Å². The van der Waals surface area contributed by atoms with Gasteiger partial charge in [-0.05, 0) is 19.1 Å². The fourth-order valence-corrected chi connectivity index (χ4v) is 1.96. The topological polar surface area (TPSA) is 89.3 Å². The monoisotopic (exact) mass is 270 g/mol. The second-order valence-electron chi connectivity index (χ2n) is 3.88. The van der Waals surface area contributed by atoms with Gasteiger partial charge in [-0.15, -0.1) is 6.58 Å². The Morgan fingerprint density at radius 3 is 2.56 bits per heavy atom. The third-order valence-corrected chi connectivity index (χ3v) is 3.44. The van der Waals surface area contributed by atoms with Crippen LogP contribution in [0.25, 0.3) is 0 Å². The molecule has 0 aliphatic heterocycles.